The summed E-state index contributed by atoms with van der Waals surface area (Å²) in [5, 5.41) is 0. The number of carbonyl (C=O) groups is 2. The molecule has 0 aliphatic rings. The Labute approximate surface area is 136 Å². The van der Waals surface area contributed by atoms with Crippen molar-refractivity contribution in [2.45, 2.75) is 39.4 Å². The molecule has 0 aliphatic carbocycles. The third-order valence-electron chi connectivity index (χ3n) is 2.89. The topological polar surface area (TPSA) is 71.1 Å². The van der Waals surface area contributed by atoms with Crippen molar-refractivity contribution in [3.05, 3.63) is 35.9 Å². The Bertz CT molecular complexity index is 459. The highest BCUT2D eigenvalue weighted by Crippen LogP contribution is 2.02. The fourth-order valence-corrected chi connectivity index (χ4v) is 1.65. The number of benzene rings is 1. The monoisotopic (exact) mass is 324 g/mol. The van der Waals surface area contributed by atoms with Crippen LogP contribution in [-0.4, -0.2) is 38.0 Å². The van der Waals surface area contributed by atoms with Crippen molar-refractivity contribution >= 4 is 11.9 Å². The number of hydrogen-bond donors (Lipinski definition) is 0. The van der Waals surface area contributed by atoms with Gasteiger partial charge in [0.1, 0.15) is 13.4 Å². The van der Waals surface area contributed by atoms with Gasteiger partial charge in [0, 0.05) is 12.8 Å². The van der Waals surface area contributed by atoms with Gasteiger partial charge < -0.3 is 18.9 Å². The van der Waals surface area contributed by atoms with Gasteiger partial charge in [0.25, 0.3) is 0 Å². The summed E-state index contributed by atoms with van der Waals surface area (Å²) >= 11 is 0. The summed E-state index contributed by atoms with van der Waals surface area (Å²) in [4.78, 5) is 22.5. The molecule has 1 aromatic carbocycles. The fourth-order valence-electron chi connectivity index (χ4n) is 1.65. The molecule has 0 saturated heterocycles. The van der Waals surface area contributed by atoms with Gasteiger partial charge in [-0.3, -0.25) is 9.59 Å². The van der Waals surface area contributed by atoms with Crippen LogP contribution in [0.2, 0.25) is 0 Å². The number of carbonyl (C=O) groups excluding carboxylic acids is 2. The zero-order chi connectivity index (χ0) is 16.9. The van der Waals surface area contributed by atoms with Gasteiger partial charge in [-0.1, -0.05) is 44.2 Å². The van der Waals surface area contributed by atoms with Gasteiger partial charge in [0.05, 0.1) is 13.2 Å². The van der Waals surface area contributed by atoms with E-state index in [9.17, 15) is 9.59 Å². The second kappa shape index (κ2) is 11.6. The van der Waals surface area contributed by atoms with Crippen LogP contribution in [0.4, 0.5) is 0 Å². The van der Waals surface area contributed by atoms with Crippen LogP contribution in [0.15, 0.2) is 30.3 Å². The van der Waals surface area contributed by atoms with E-state index in [1.54, 1.807) is 13.8 Å². The predicted octanol–water partition coefficient (Wildman–Crippen LogP) is 2.45. The zero-order valence-corrected chi connectivity index (χ0v) is 13.7. The molecule has 6 nitrogen and oxygen atoms in total. The standard InChI is InChI=1S/C17H24O6/c1-3-16(18)22-12-15(23-17(19)4-2)11-21-13-20-10-14-8-6-5-7-9-14/h5-9,15H,3-4,10-13H2,1-2H3. The van der Waals surface area contributed by atoms with Crippen molar-refractivity contribution in [2.24, 2.45) is 0 Å². The smallest absolute Gasteiger partial charge is 0.305 e. The highest BCUT2D eigenvalue weighted by molar-refractivity contribution is 5.70. The molecular formula is C17H24O6. The molecule has 128 valence electrons. The lowest BCUT2D eigenvalue weighted by molar-refractivity contribution is -0.166. The second-order valence-corrected chi connectivity index (χ2v) is 4.82. The van der Waals surface area contributed by atoms with Crippen molar-refractivity contribution in [3.63, 3.8) is 0 Å². The van der Waals surface area contributed by atoms with Gasteiger partial charge in [0.15, 0.2) is 6.10 Å². The highest BCUT2D eigenvalue weighted by Gasteiger charge is 2.16. The van der Waals surface area contributed by atoms with E-state index in [2.05, 4.69) is 0 Å². The van der Waals surface area contributed by atoms with Crippen LogP contribution in [0, 0.1) is 0 Å². The minimum Gasteiger partial charge on any atom is -0.462 e. The summed E-state index contributed by atoms with van der Waals surface area (Å²) in [6.45, 7) is 3.99. The van der Waals surface area contributed by atoms with Crippen molar-refractivity contribution < 1.29 is 28.5 Å². The van der Waals surface area contributed by atoms with E-state index in [0.717, 1.165) is 5.56 Å². The van der Waals surface area contributed by atoms with E-state index < -0.39 is 6.10 Å². The molecular weight excluding hydrogens is 300 g/mol. The van der Waals surface area contributed by atoms with Crippen LogP contribution < -0.4 is 0 Å². The molecule has 0 heterocycles. The van der Waals surface area contributed by atoms with Crippen LogP contribution in [0.5, 0.6) is 0 Å². The molecule has 1 atom stereocenters. The van der Waals surface area contributed by atoms with Crippen LogP contribution in [0.25, 0.3) is 0 Å². The molecule has 6 heteroatoms. The normalized spacial score (nSPS) is 11.7. The molecule has 0 saturated carbocycles. The van der Waals surface area contributed by atoms with E-state index in [4.69, 9.17) is 18.9 Å². The molecule has 0 aliphatic heterocycles. The Morgan fingerprint density at radius 1 is 0.957 bits per heavy atom. The third kappa shape index (κ3) is 8.95. The van der Waals surface area contributed by atoms with E-state index in [-0.39, 0.29) is 44.8 Å². The molecule has 0 spiro atoms. The van der Waals surface area contributed by atoms with Gasteiger partial charge >= 0.3 is 11.9 Å². The van der Waals surface area contributed by atoms with Crippen molar-refractivity contribution in [2.75, 3.05) is 20.0 Å². The van der Waals surface area contributed by atoms with E-state index >= 15 is 0 Å². The molecule has 0 aromatic heterocycles. The fraction of sp³-hybridized carbons (Fsp3) is 0.529. The Morgan fingerprint density at radius 2 is 1.65 bits per heavy atom. The molecule has 0 fully saturated rings. The summed E-state index contributed by atoms with van der Waals surface area (Å²) in [5.41, 5.74) is 1.04. The first-order valence-electron chi connectivity index (χ1n) is 7.70. The maximum atomic E-state index is 11.4. The van der Waals surface area contributed by atoms with Crippen LogP contribution in [-0.2, 0) is 35.1 Å². The zero-order valence-electron chi connectivity index (χ0n) is 13.7. The van der Waals surface area contributed by atoms with Gasteiger partial charge in [0.2, 0.25) is 0 Å². The molecule has 1 aromatic rings. The lowest BCUT2D eigenvalue weighted by atomic mass is 10.2. The van der Waals surface area contributed by atoms with E-state index in [1.807, 2.05) is 30.3 Å². The first-order chi connectivity index (χ1) is 11.2. The average molecular weight is 324 g/mol. The van der Waals surface area contributed by atoms with E-state index in [1.165, 1.54) is 0 Å². The highest BCUT2D eigenvalue weighted by atomic mass is 16.7. The average Bonchev–Trinajstić information content (AvgIpc) is 2.59. The summed E-state index contributed by atoms with van der Waals surface area (Å²) in [6, 6.07) is 9.71. The Hall–Kier alpha value is -1.92. The van der Waals surface area contributed by atoms with E-state index in [0.29, 0.717) is 6.61 Å². The first kappa shape index (κ1) is 19.1. The van der Waals surface area contributed by atoms with Crippen molar-refractivity contribution in [1.82, 2.24) is 0 Å². The predicted molar refractivity (Wildman–Crippen MR) is 83.5 cm³/mol. The Kier molecular flexibility index (Phi) is 9.66. The summed E-state index contributed by atoms with van der Waals surface area (Å²) in [7, 11) is 0. The molecule has 1 rings (SSSR count). The maximum Gasteiger partial charge on any atom is 0.305 e. The molecule has 0 bridgehead atoms. The Balaban J connectivity index is 2.26. The maximum absolute atomic E-state index is 11.4. The van der Waals surface area contributed by atoms with Gasteiger partial charge in [-0.15, -0.1) is 0 Å². The third-order valence-corrected chi connectivity index (χ3v) is 2.89. The first-order valence-corrected chi connectivity index (χ1v) is 7.70. The van der Waals surface area contributed by atoms with Crippen LogP contribution >= 0.6 is 0 Å². The number of esters is 2. The summed E-state index contributed by atoms with van der Waals surface area (Å²) in [5.74, 6) is -0.709. The van der Waals surface area contributed by atoms with Crippen molar-refractivity contribution in [1.29, 1.82) is 0 Å². The van der Waals surface area contributed by atoms with Crippen LogP contribution in [0.3, 0.4) is 0 Å². The SMILES string of the molecule is CCC(=O)OCC(COCOCc1ccccc1)OC(=O)CC. The van der Waals surface area contributed by atoms with Gasteiger partial charge in [-0.05, 0) is 5.56 Å². The quantitative estimate of drug-likeness (QED) is 0.354. The van der Waals surface area contributed by atoms with Gasteiger partial charge in [-0.2, -0.15) is 0 Å². The minimum atomic E-state index is -0.627. The summed E-state index contributed by atoms with van der Waals surface area (Å²) < 4.78 is 20.9. The van der Waals surface area contributed by atoms with Crippen molar-refractivity contribution in [3.8, 4) is 0 Å². The van der Waals surface area contributed by atoms with Crippen LogP contribution in [0.1, 0.15) is 32.3 Å². The molecule has 0 N–H and O–H groups in total. The second-order valence-electron chi connectivity index (χ2n) is 4.82. The van der Waals surface area contributed by atoms with Gasteiger partial charge in [-0.25, -0.2) is 0 Å². The minimum absolute atomic E-state index is 0.0168. The number of rotatable bonds is 11. The number of ether oxygens (including phenoxy) is 4. The molecule has 23 heavy (non-hydrogen) atoms. The lowest BCUT2D eigenvalue weighted by Gasteiger charge is -2.17. The largest absolute Gasteiger partial charge is 0.462 e. The molecule has 0 amide bonds. The molecule has 1 unspecified atom stereocenters. The Morgan fingerprint density at radius 3 is 2.30 bits per heavy atom. The summed E-state index contributed by atoms with van der Waals surface area (Å²) in [6.07, 6.45) is -0.101. The lowest BCUT2D eigenvalue weighted by Crippen LogP contribution is -2.29. The molecule has 0 radical (unpaired) electrons. The number of hydrogen-bond acceptors (Lipinski definition) is 6.